The van der Waals surface area contributed by atoms with Gasteiger partial charge in [-0.25, -0.2) is 4.98 Å². The first-order valence-electron chi connectivity index (χ1n) is 7.87. The molecule has 2 aromatic rings. The zero-order valence-electron chi connectivity index (χ0n) is 14.1. The fourth-order valence-corrected chi connectivity index (χ4v) is 2.69. The fraction of sp³-hybridized carbons (Fsp3) is 0.333. The van der Waals surface area contributed by atoms with E-state index in [1.54, 1.807) is 30.5 Å². The van der Waals surface area contributed by atoms with Gasteiger partial charge in [-0.05, 0) is 37.6 Å². The fourth-order valence-electron chi connectivity index (χ4n) is 2.11. The maximum atomic E-state index is 12.1. The molecular weight excluding hydrogens is 410 g/mol. The Balaban J connectivity index is 2.03. The standard InChI is InChI=1S/C18H19BrClNO4/c1-3-23-15-7-13(14(19)9-16(15)24-4-2)8-18(22)25-11-12-5-6-17(20)21-10-12/h5-7,9-10H,3-4,8,11H2,1-2H3. The second-order valence-electron chi connectivity index (χ2n) is 5.08. The predicted molar refractivity (Wildman–Crippen MR) is 99.2 cm³/mol. The number of carbonyl (C=O) groups excluding carboxylic acids is 1. The van der Waals surface area contributed by atoms with E-state index in [4.69, 9.17) is 25.8 Å². The van der Waals surface area contributed by atoms with Gasteiger partial charge in [0.2, 0.25) is 0 Å². The summed E-state index contributed by atoms with van der Waals surface area (Å²) >= 11 is 9.20. The molecule has 0 fully saturated rings. The average molecular weight is 429 g/mol. The lowest BCUT2D eigenvalue weighted by atomic mass is 10.1. The Bertz CT molecular complexity index is 722. The molecule has 0 aliphatic heterocycles. The smallest absolute Gasteiger partial charge is 0.310 e. The van der Waals surface area contributed by atoms with Crippen molar-refractivity contribution >= 4 is 33.5 Å². The molecule has 0 aliphatic rings. The highest BCUT2D eigenvalue weighted by molar-refractivity contribution is 9.10. The van der Waals surface area contributed by atoms with Crippen LogP contribution in [-0.2, 0) is 22.6 Å². The highest BCUT2D eigenvalue weighted by atomic mass is 79.9. The van der Waals surface area contributed by atoms with Gasteiger partial charge in [0, 0.05) is 16.2 Å². The number of hydrogen-bond donors (Lipinski definition) is 0. The summed E-state index contributed by atoms with van der Waals surface area (Å²) < 4.78 is 17.2. The first-order chi connectivity index (χ1) is 12.0. The molecule has 0 radical (unpaired) electrons. The van der Waals surface area contributed by atoms with Crippen molar-refractivity contribution in [3.8, 4) is 11.5 Å². The summed E-state index contributed by atoms with van der Waals surface area (Å²) in [5, 5.41) is 0.400. The van der Waals surface area contributed by atoms with Crippen LogP contribution in [0.1, 0.15) is 25.0 Å². The van der Waals surface area contributed by atoms with Gasteiger partial charge >= 0.3 is 5.97 Å². The van der Waals surface area contributed by atoms with Gasteiger partial charge in [0.05, 0.1) is 19.6 Å². The Morgan fingerprint density at radius 2 is 1.84 bits per heavy atom. The van der Waals surface area contributed by atoms with Gasteiger partial charge < -0.3 is 14.2 Å². The zero-order chi connectivity index (χ0) is 18.2. The molecule has 1 heterocycles. The van der Waals surface area contributed by atoms with E-state index >= 15 is 0 Å². The number of rotatable bonds is 8. The number of halogens is 2. The molecule has 7 heteroatoms. The van der Waals surface area contributed by atoms with Crippen molar-refractivity contribution in [2.75, 3.05) is 13.2 Å². The second-order valence-corrected chi connectivity index (χ2v) is 6.32. The van der Waals surface area contributed by atoms with E-state index in [2.05, 4.69) is 20.9 Å². The lowest BCUT2D eigenvalue weighted by molar-refractivity contribution is -0.144. The number of esters is 1. The summed E-state index contributed by atoms with van der Waals surface area (Å²) in [6.45, 7) is 4.99. The minimum Gasteiger partial charge on any atom is -0.490 e. The second kappa shape index (κ2) is 9.63. The van der Waals surface area contributed by atoms with E-state index in [1.807, 2.05) is 13.8 Å². The number of hydrogen-bond acceptors (Lipinski definition) is 5. The zero-order valence-corrected chi connectivity index (χ0v) is 16.4. The Morgan fingerprint density at radius 3 is 2.44 bits per heavy atom. The Morgan fingerprint density at radius 1 is 1.16 bits per heavy atom. The maximum absolute atomic E-state index is 12.1. The van der Waals surface area contributed by atoms with E-state index in [9.17, 15) is 4.79 Å². The van der Waals surface area contributed by atoms with Crippen molar-refractivity contribution in [1.29, 1.82) is 0 Å². The molecule has 1 aromatic heterocycles. The third-order valence-electron chi connectivity index (χ3n) is 3.24. The summed E-state index contributed by atoms with van der Waals surface area (Å²) in [6, 6.07) is 7.02. The van der Waals surface area contributed by atoms with Crippen LogP contribution < -0.4 is 9.47 Å². The molecule has 0 spiro atoms. The van der Waals surface area contributed by atoms with E-state index in [0.717, 1.165) is 15.6 Å². The van der Waals surface area contributed by atoms with Gasteiger partial charge in [-0.1, -0.05) is 33.6 Å². The first kappa shape index (κ1) is 19.5. The number of benzene rings is 1. The Kier molecular flexibility index (Phi) is 7.52. The summed E-state index contributed by atoms with van der Waals surface area (Å²) in [6.07, 6.45) is 1.70. The van der Waals surface area contributed by atoms with E-state index in [-0.39, 0.29) is 19.0 Å². The van der Waals surface area contributed by atoms with Crippen molar-refractivity contribution < 1.29 is 19.0 Å². The lowest BCUT2D eigenvalue weighted by Crippen LogP contribution is -2.09. The van der Waals surface area contributed by atoms with Crippen LogP contribution in [-0.4, -0.2) is 24.2 Å². The number of carbonyl (C=O) groups is 1. The lowest BCUT2D eigenvalue weighted by Gasteiger charge is -2.14. The minimum absolute atomic E-state index is 0.119. The third kappa shape index (κ3) is 5.90. The highest BCUT2D eigenvalue weighted by Gasteiger charge is 2.14. The summed E-state index contributed by atoms with van der Waals surface area (Å²) in [5.74, 6) is 0.903. The Labute approximate surface area is 160 Å². The number of ether oxygens (including phenoxy) is 3. The van der Waals surface area contributed by atoms with Crippen LogP contribution in [0.15, 0.2) is 34.9 Å². The molecule has 0 aliphatic carbocycles. The summed E-state index contributed by atoms with van der Waals surface area (Å²) in [5.41, 5.74) is 1.55. The van der Waals surface area contributed by atoms with Crippen LogP contribution >= 0.6 is 27.5 Å². The molecule has 0 unspecified atom stereocenters. The van der Waals surface area contributed by atoms with Crippen molar-refractivity contribution in [3.63, 3.8) is 0 Å². The van der Waals surface area contributed by atoms with Gasteiger partial charge in [0.1, 0.15) is 11.8 Å². The molecule has 0 amide bonds. The molecule has 2 rings (SSSR count). The van der Waals surface area contributed by atoms with E-state index in [0.29, 0.717) is 29.9 Å². The quantitative estimate of drug-likeness (QED) is 0.455. The van der Waals surface area contributed by atoms with Crippen LogP contribution in [0.2, 0.25) is 5.15 Å². The third-order valence-corrected chi connectivity index (χ3v) is 4.20. The van der Waals surface area contributed by atoms with Gasteiger partial charge in [0.25, 0.3) is 0 Å². The highest BCUT2D eigenvalue weighted by Crippen LogP contribution is 2.34. The van der Waals surface area contributed by atoms with Crippen LogP contribution in [0.25, 0.3) is 0 Å². The van der Waals surface area contributed by atoms with Gasteiger partial charge in [0.15, 0.2) is 11.5 Å². The predicted octanol–water partition coefficient (Wildman–Crippen LogP) is 4.58. The van der Waals surface area contributed by atoms with E-state index < -0.39 is 0 Å². The van der Waals surface area contributed by atoms with Crippen LogP contribution in [0, 0.1) is 0 Å². The first-order valence-corrected chi connectivity index (χ1v) is 9.04. The average Bonchev–Trinajstić information content (AvgIpc) is 2.59. The number of aromatic nitrogens is 1. The molecule has 0 saturated carbocycles. The molecule has 134 valence electrons. The van der Waals surface area contributed by atoms with Crippen molar-refractivity contribution in [2.45, 2.75) is 26.9 Å². The molecule has 25 heavy (non-hydrogen) atoms. The van der Waals surface area contributed by atoms with Crippen molar-refractivity contribution in [3.05, 3.63) is 51.2 Å². The van der Waals surface area contributed by atoms with Gasteiger partial charge in [-0.3, -0.25) is 4.79 Å². The van der Waals surface area contributed by atoms with Crippen LogP contribution in [0.5, 0.6) is 11.5 Å². The SMILES string of the molecule is CCOc1cc(Br)c(CC(=O)OCc2ccc(Cl)nc2)cc1OCC. The normalized spacial score (nSPS) is 10.4. The summed E-state index contributed by atoms with van der Waals surface area (Å²) in [7, 11) is 0. The topological polar surface area (TPSA) is 57.7 Å². The molecule has 0 bridgehead atoms. The molecule has 0 N–H and O–H groups in total. The molecule has 0 atom stereocenters. The number of nitrogens with zero attached hydrogens (tertiary/aromatic N) is 1. The van der Waals surface area contributed by atoms with Gasteiger partial charge in [-0.15, -0.1) is 0 Å². The van der Waals surface area contributed by atoms with E-state index in [1.165, 1.54) is 0 Å². The molecule has 5 nitrogen and oxygen atoms in total. The van der Waals surface area contributed by atoms with Crippen LogP contribution in [0.4, 0.5) is 0 Å². The Hall–Kier alpha value is -1.79. The summed E-state index contributed by atoms with van der Waals surface area (Å²) in [4.78, 5) is 16.1. The molecular formula is C18H19BrClNO4. The van der Waals surface area contributed by atoms with Crippen molar-refractivity contribution in [1.82, 2.24) is 4.98 Å². The minimum atomic E-state index is -0.345. The largest absolute Gasteiger partial charge is 0.490 e. The molecule has 0 saturated heterocycles. The molecule has 1 aromatic carbocycles. The monoisotopic (exact) mass is 427 g/mol. The maximum Gasteiger partial charge on any atom is 0.310 e. The van der Waals surface area contributed by atoms with Gasteiger partial charge in [-0.2, -0.15) is 0 Å². The van der Waals surface area contributed by atoms with Crippen molar-refractivity contribution in [2.24, 2.45) is 0 Å². The number of pyridine rings is 1. The van der Waals surface area contributed by atoms with Crippen LogP contribution in [0.3, 0.4) is 0 Å².